The fraction of sp³-hybridized carbons (Fsp3) is 0.231. The molecular weight excluding hydrogens is 228 g/mol. The van der Waals surface area contributed by atoms with Crippen LogP contribution in [-0.4, -0.2) is 21.3 Å². The van der Waals surface area contributed by atoms with Crippen molar-refractivity contribution in [1.82, 2.24) is 14.8 Å². The summed E-state index contributed by atoms with van der Waals surface area (Å²) in [7, 11) is 1.91. The Morgan fingerprint density at radius 3 is 3.11 bits per heavy atom. The van der Waals surface area contributed by atoms with E-state index in [0.29, 0.717) is 6.54 Å². The monoisotopic (exact) mass is 242 g/mol. The van der Waals surface area contributed by atoms with Crippen LogP contribution in [0.3, 0.4) is 0 Å². The van der Waals surface area contributed by atoms with Gasteiger partial charge in [0.2, 0.25) is 0 Å². The molecule has 2 N–H and O–H groups in total. The molecule has 0 bridgehead atoms. The van der Waals surface area contributed by atoms with Gasteiger partial charge in [-0.25, -0.2) is 4.98 Å². The molecule has 0 amide bonds. The number of benzene rings is 1. The van der Waals surface area contributed by atoms with Crippen LogP contribution in [0.5, 0.6) is 0 Å². The van der Waals surface area contributed by atoms with E-state index in [4.69, 9.17) is 10.2 Å². The molecule has 5 heteroatoms. The molecule has 0 fully saturated rings. The van der Waals surface area contributed by atoms with Crippen LogP contribution in [0.25, 0.3) is 22.4 Å². The molecule has 3 rings (SSSR count). The van der Waals surface area contributed by atoms with Crippen LogP contribution in [0.15, 0.2) is 35.2 Å². The average Bonchev–Trinajstić information content (AvgIpc) is 2.95. The Labute approximate surface area is 104 Å². The summed E-state index contributed by atoms with van der Waals surface area (Å²) in [6, 6.07) is 5.91. The zero-order valence-corrected chi connectivity index (χ0v) is 10.1. The molecule has 0 radical (unpaired) electrons. The van der Waals surface area contributed by atoms with Gasteiger partial charge in [0.25, 0.3) is 0 Å². The van der Waals surface area contributed by atoms with Crippen molar-refractivity contribution in [1.29, 1.82) is 0 Å². The fourth-order valence-electron chi connectivity index (χ4n) is 2.12. The van der Waals surface area contributed by atoms with Crippen LogP contribution < -0.4 is 5.73 Å². The van der Waals surface area contributed by atoms with E-state index in [-0.39, 0.29) is 0 Å². The number of aryl methyl sites for hydroxylation is 1. The van der Waals surface area contributed by atoms with E-state index < -0.39 is 0 Å². The van der Waals surface area contributed by atoms with Gasteiger partial charge in [-0.2, -0.15) is 5.10 Å². The molecule has 92 valence electrons. The van der Waals surface area contributed by atoms with Crippen LogP contribution in [0, 0.1) is 0 Å². The SMILES string of the molecule is Cn1cc(CCN)c(-c2ccc3ncoc3c2)n1. The minimum atomic E-state index is 0.614. The molecule has 3 aromatic rings. The van der Waals surface area contributed by atoms with Crippen LogP contribution >= 0.6 is 0 Å². The van der Waals surface area contributed by atoms with Crippen molar-refractivity contribution in [2.24, 2.45) is 12.8 Å². The molecule has 0 aliphatic heterocycles. The van der Waals surface area contributed by atoms with Gasteiger partial charge < -0.3 is 10.2 Å². The zero-order chi connectivity index (χ0) is 12.5. The minimum Gasteiger partial charge on any atom is -0.443 e. The summed E-state index contributed by atoms with van der Waals surface area (Å²) in [5.41, 5.74) is 10.4. The second-order valence-electron chi connectivity index (χ2n) is 4.25. The van der Waals surface area contributed by atoms with E-state index in [1.54, 1.807) is 0 Å². The molecule has 1 aromatic carbocycles. The van der Waals surface area contributed by atoms with Gasteiger partial charge in [0.05, 0.1) is 5.69 Å². The van der Waals surface area contributed by atoms with E-state index in [0.717, 1.165) is 34.3 Å². The van der Waals surface area contributed by atoms with Gasteiger partial charge in [-0.05, 0) is 30.7 Å². The van der Waals surface area contributed by atoms with Gasteiger partial charge in [0, 0.05) is 18.8 Å². The number of hydrogen-bond donors (Lipinski definition) is 1. The summed E-state index contributed by atoms with van der Waals surface area (Å²) >= 11 is 0. The standard InChI is InChI=1S/C13H14N4O/c1-17-7-10(4-5-14)13(16-17)9-2-3-11-12(6-9)18-8-15-11/h2-3,6-8H,4-5,14H2,1H3. The van der Waals surface area contributed by atoms with Gasteiger partial charge in [0.15, 0.2) is 12.0 Å². The first-order valence-corrected chi connectivity index (χ1v) is 5.84. The maximum absolute atomic E-state index is 5.63. The summed E-state index contributed by atoms with van der Waals surface area (Å²) in [5, 5.41) is 4.49. The molecule has 2 heterocycles. The lowest BCUT2D eigenvalue weighted by atomic mass is 10.1. The van der Waals surface area contributed by atoms with Crippen LogP contribution in [0.1, 0.15) is 5.56 Å². The number of hydrogen-bond acceptors (Lipinski definition) is 4. The molecule has 0 saturated carbocycles. The first-order chi connectivity index (χ1) is 8.78. The van der Waals surface area contributed by atoms with E-state index in [1.165, 1.54) is 6.39 Å². The molecular formula is C13H14N4O. The number of nitrogens with two attached hydrogens (primary N) is 1. The highest BCUT2D eigenvalue weighted by Gasteiger charge is 2.11. The third kappa shape index (κ3) is 1.78. The summed E-state index contributed by atoms with van der Waals surface area (Å²) in [6.45, 7) is 0.614. The molecule has 0 aliphatic carbocycles. The third-order valence-corrected chi connectivity index (χ3v) is 2.92. The zero-order valence-electron chi connectivity index (χ0n) is 10.1. The summed E-state index contributed by atoms with van der Waals surface area (Å²) < 4.78 is 7.13. The second kappa shape index (κ2) is 4.27. The first-order valence-electron chi connectivity index (χ1n) is 5.84. The Hall–Kier alpha value is -2.14. The highest BCUT2D eigenvalue weighted by atomic mass is 16.3. The van der Waals surface area contributed by atoms with Gasteiger partial charge in [-0.15, -0.1) is 0 Å². The van der Waals surface area contributed by atoms with Gasteiger partial charge in [-0.3, -0.25) is 4.68 Å². The second-order valence-corrected chi connectivity index (χ2v) is 4.25. The number of rotatable bonds is 3. The Morgan fingerprint density at radius 2 is 2.28 bits per heavy atom. The van der Waals surface area contributed by atoms with Crippen molar-refractivity contribution < 1.29 is 4.42 Å². The maximum atomic E-state index is 5.63. The largest absolute Gasteiger partial charge is 0.443 e. The van der Waals surface area contributed by atoms with Gasteiger partial charge in [0.1, 0.15) is 5.52 Å². The van der Waals surface area contributed by atoms with Crippen molar-refractivity contribution >= 4 is 11.1 Å². The highest BCUT2D eigenvalue weighted by Crippen LogP contribution is 2.25. The molecule has 0 saturated heterocycles. The predicted octanol–water partition coefficient (Wildman–Crippen LogP) is 1.73. The van der Waals surface area contributed by atoms with Gasteiger partial charge >= 0.3 is 0 Å². The van der Waals surface area contributed by atoms with E-state index in [9.17, 15) is 0 Å². The van der Waals surface area contributed by atoms with Crippen LogP contribution in [0.2, 0.25) is 0 Å². The lowest BCUT2D eigenvalue weighted by Crippen LogP contribution is -2.02. The van der Waals surface area contributed by atoms with Crippen molar-refractivity contribution in [2.75, 3.05) is 6.54 Å². The summed E-state index contributed by atoms with van der Waals surface area (Å²) in [4.78, 5) is 4.11. The molecule has 5 nitrogen and oxygen atoms in total. The normalized spacial score (nSPS) is 11.2. The Balaban J connectivity index is 2.12. The highest BCUT2D eigenvalue weighted by molar-refractivity contribution is 5.79. The maximum Gasteiger partial charge on any atom is 0.181 e. The molecule has 18 heavy (non-hydrogen) atoms. The molecule has 0 atom stereocenters. The Morgan fingerprint density at radius 1 is 1.39 bits per heavy atom. The molecule has 2 aromatic heterocycles. The Kier molecular flexibility index (Phi) is 2.60. The predicted molar refractivity (Wildman–Crippen MR) is 69.0 cm³/mol. The van der Waals surface area contributed by atoms with E-state index in [1.807, 2.05) is 36.1 Å². The summed E-state index contributed by atoms with van der Waals surface area (Å²) in [5.74, 6) is 0. The topological polar surface area (TPSA) is 69.9 Å². The van der Waals surface area contributed by atoms with Crippen LogP contribution in [-0.2, 0) is 13.5 Å². The number of nitrogens with zero attached hydrogens (tertiary/aromatic N) is 3. The Bertz CT molecular complexity index is 683. The first kappa shape index (κ1) is 11.0. The smallest absolute Gasteiger partial charge is 0.181 e. The van der Waals surface area contributed by atoms with E-state index in [2.05, 4.69) is 10.1 Å². The lowest BCUT2D eigenvalue weighted by molar-refractivity contribution is 0.602. The average molecular weight is 242 g/mol. The lowest BCUT2D eigenvalue weighted by Gasteiger charge is -2.00. The molecule has 0 unspecified atom stereocenters. The fourth-order valence-corrected chi connectivity index (χ4v) is 2.12. The minimum absolute atomic E-state index is 0.614. The molecule has 0 aliphatic rings. The number of aromatic nitrogens is 3. The molecule has 0 spiro atoms. The summed E-state index contributed by atoms with van der Waals surface area (Å²) in [6.07, 6.45) is 4.28. The van der Waals surface area contributed by atoms with E-state index >= 15 is 0 Å². The van der Waals surface area contributed by atoms with Crippen LogP contribution in [0.4, 0.5) is 0 Å². The van der Waals surface area contributed by atoms with Crippen molar-refractivity contribution in [3.05, 3.63) is 36.4 Å². The van der Waals surface area contributed by atoms with Gasteiger partial charge in [-0.1, -0.05) is 6.07 Å². The number of fused-ring (bicyclic) bond motifs is 1. The number of oxazole rings is 1. The van der Waals surface area contributed by atoms with Crippen molar-refractivity contribution in [3.8, 4) is 11.3 Å². The van der Waals surface area contributed by atoms with Crippen molar-refractivity contribution in [3.63, 3.8) is 0 Å². The van der Waals surface area contributed by atoms with Crippen molar-refractivity contribution in [2.45, 2.75) is 6.42 Å². The quantitative estimate of drug-likeness (QED) is 0.759. The third-order valence-electron chi connectivity index (χ3n) is 2.92.